The third kappa shape index (κ3) is 9.37. The summed E-state index contributed by atoms with van der Waals surface area (Å²) in [6.07, 6.45) is 1.73. The van der Waals surface area contributed by atoms with Gasteiger partial charge in [-0.3, -0.25) is 0 Å². The molecule has 3 rings (SSSR count). The van der Waals surface area contributed by atoms with Crippen molar-refractivity contribution in [3.8, 4) is 0 Å². The number of urea groups is 2. The average Bonchev–Trinajstić information content (AvgIpc) is 2.97. The number of amides is 6. The summed E-state index contributed by atoms with van der Waals surface area (Å²) in [7, 11) is 2.72. The summed E-state index contributed by atoms with van der Waals surface area (Å²) in [5.74, 6) is 0.313. The fourth-order valence-corrected chi connectivity index (χ4v) is 4.17. The number of nitrogen functional groups attached to an aromatic ring is 2. The Labute approximate surface area is 233 Å². The van der Waals surface area contributed by atoms with Gasteiger partial charge in [-0.05, 0) is 72.9 Å². The Morgan fingerprint density at radius 3 is 1.32 bits per heavy atom. The number of hydrogen-bond donors (Lipinski definition) is 4. The Morgan fingerprint density at radius 2 is 1.00 bits per heavy atom. The lowest BCUT2D eigenvalue weighted by molar-refractivity contribution is 0.0684. The van der Waals surface area contributed by atoms with Crippen LogP contribution in [0.4, 0.5) is 30.6 Å². The van der Waals surface area contributed by atoms with Crippen LogP contribution in [0.5, 0.6) is 0 Å². The molecule has 0 heterocycles. The van der Waals surface area contributed by atoms with Gasteiger partial charge < -0.3 is 31.6 Å². The van der Waals surface area contributed by atoms with Crippen molar-refractivity contribution in [2.45, 2.75) is 38.8 Å². The molecular weight excluding hydrogens is 516 g/mol. The van der Waals surface area contributed by atoms with Crippen LogP contribution >= 0.6 is 0 Å². The van der Waals surface area contributed by atoms with Gasteiger partial charge in [0.2, 0.25) is 0 Å². The van der Waals surface area contributed by atoms with Crippen molar-refractivity contribution in [3.63, 3.8) is 0 Å². The van der Waals surface area contributed by atoms with Crippen molar-refractivity contribution in [2.24, 2.45) is 11.8 Å². The van der Waals surface area contributed by atoms with Gasteiger partial charge in [-0.15, -0.1) is 0 Å². The van der Waals surface area contributed by atoms with E-state index in [1.54, 1.807) is 48.5 Å². The van der Waals surface area contributed by atoms with Crippen LogP contribution in [0.15, 0.2) is 48.5 Å². The second kappa shape index (κ2) is 14.6. The lowest BCUT2D eigenvalue weighted by atomic mass is 9.83. The lowest BCUT2D eigenvalue weighted by Crippen LogP contribution is -2.42. The quantitative estimate of drug-likeness (QED) is 0.356. The molecule has 0 unspecified atom stereocenters. The fraction of sp³-hybridized carbons (Fsp3) is 0.429. The fourth-order valence-electron chi connectivity index (χ4n) is 4.17. The molecule has 0 radical (unpaired) electrons. The molecule has 2 aromatic carbocycles. The number of benzene rings is 2. The Bertz CT molecular complexity index is 1060. The maximum absolute atomic E-state index is 12.3. The number of carbonyl (C=O) groups excluding carboxylic acids is 4. The molecule has 0 bridgehead atoms. The third-order valence-electron chi connectivity index (χ3n) is 6.86. The van der Waals surface area contributed by atoms with Gasteiger partial charge in [-0.1, -0.05) is 24.3 Å². The molecule has 0 spiro atoms. The number of imide groups is 2. The minimum Gasteiger partial charge on any atom is -0.449 e. The Balaban J connectivity index is 1.29. The smallest absolute Gasteiger partial charge is 0.417 e. The number of nitrogens with zero attached hydrogens (tertiary/aromatic N) is 2. The normalized spacial score (nSPS) is 16.4. The molecule has 0 atom stereocenters. The van der Waals surface area contributed by atoms with E-state index in [1.807, 2.05) is 0 Å². The van der Waals surface area contributed by atoms with Crippen LogP contribution in [0, 0.1) is 11.8 Å². The van der Waals surface area contributed by atoms with E-state index in [9.17, 15) is 19.2 Å². The van der Waals surface area contributed by atoms with Gasteiger partial charge >= 0.3 is 24.2 Å². The number of rotatable bonds is 8. The minimum absolute atomic E-state index is 0.156. The first-order valence-electron chi connectivity index (χ1n) is 13.2. The van der Waals surface area contributed by atoms with E-state index in [0.29, 0.717) is 11.4 Å². The molecule has 216 valence electrons. The number of anilines is 2. The topological polar surface area (TPSA) is 169 Å². The Morgan fingerprint density at radius 1 is 0.675 bits per heavy atom. The first-order valence-corrected chi connectivity index (χ1v) is 13.2. The van der Waals surface area contributed by atoms with Gasteiger partial charge in [0.15, 0.2) is 0 Å². The summed E-state index contributed by atoms with van der Waals surface area (Å²) < 4.78 is 10.7. The molecule has 1 saturated carbocycles. The summed E-state index contributed by atoms with van der Waals surface area (Å²) in [5, 5.41) is 5.34. The second-order valence-electron chi connectivity index (χ2n) is 9.96. The van der Waals surface area contributed by atoms with Crippen molar-refractivity contribution < 1.29 is 28.7 Å². The van der Waals surface area contributed by atoms with Gasteiger partial charge in [0.05, 0.1) is 13.2 Å². The molecule has 40 heavy (non-hydrogen) atoms. The molecule has 6 N–H and O–H groups in total. The van der Waals surface area contributed by atoms with Gasteiger partial charge in [-0.25, -0.2) is 29.0 Å². The average molecular weight is 555 g/mol. The lowest BCUT2D eigenvalue weighted by Gasteiger charge is -2.28. The summed E-state index contributed by atoms with van der Waals surface area (Å²) in [6.45, 7) is 0.931. The van der Waals surface area contributed by atoms with E-state index in [1.165, 1.54) is 14.1 Å². The number of nitrogens with two attached hydrogens (primary N) is 2. The number of hydrogen-bond acceptors (Lipinski definition) is 8. The zero-order chi connectivity index (χ0) is 29.1. The van der Waals surface area contributed by atoms with Crippen molar-refractivity contribution >= 4 is 35.6 Å². The van der Waals surface area contributed by atoms with E-state index < -0.39 is 24.2 Å². The summed E-state index contributed by atoms with van der Waals surface area (Å²) in [6, 6.07) is 13.0. The van der Waals surface area contributed by atoms with E-state index in [-0.39, 0.29) is 38.1 Å². The van der Waals surface area contributed by atoms with E-state index in [4.69, 9.17) is 20.9 Å². The molecule has 1 fully saturated rings. The summed E-state index contributed by atoms with van der Waals surface area (Å²) >= 11 is 0. The summed E-state index contributed by atoms with van der Waals surface area (Å²) in [4.78, 5) is 51.0. The van der Waals surface area contributed by atoms with Crippen molar-refractivity contribution in [3.05, 3.63) is 59.7 Å². The van der Waals surface area contributed by atoms with Crippen LogP contribution in [0.2, 0.25) is 0 Å². The van der Waals surface area contributed by atoms with Crippen LogP contribution in [0.3, 0.4) is 0 Å². The predicted octanol–water partition coefficient (Wildman–Crippen LogP) is 3.91. The Kier molecular flexibility index (Phi) is 11.0. The number of nitrogens with one attached hydrogen (secondary N) is 2. The van der Waals surface area contributed by atoms with E-state index >= 15 is 0 Å². The van der Waals surface area contributed by atoms with Crippen molar-refractivity contribution in [2.75, 3.05) is 38.8 Å². The molecule has 1 aliphatic carbocycles. The molecule has 0 saturated heterocycles. The first kappa shape index (κ1) is 30.1. The van der Waals surface area contributed by atoms with E-state index in [2.05, 4.69) is 10.6 Å². The zero-order valence-electron chi connectivity index (χ0n) is 22.9. The predicted molar refractivity (Wildman–Crippen MR) is 150 cm³/mol. The van der Waals surface area contributed by atoms with Gasteiger partial charge in [0.25, 0.3) is 0 Å². The molecule has 0 aliphatic heterocycles. The van der Waals surface area contributed by atoms with Crippen molar-refractivity contribution in [1.82, 2.24) is 20.4 Å². The number of ether oxygens (including phenoxy) is 2. The highest BCUT2D eigenvalue weighted by Crippen LogP contribution is 2.29. The maximum atomic E-state index is 12.3. The van der Waals surface area contributed by atoms with Gasteiger partial charge in [-0.2, -0.15) is 0 Å². The molecule has 12 nitrogen and oxygen atoms in total. The third-order valence-corrected chi connectivity index (χ3v) is 6.86. The molecule has 6 amide bonds. The number of carbonyl (C=O) groups is 4. The zero-order valence-corrected chi connectivity index (χ0v) is 22.9. The van der Waals surface area contributed by atoms with Crippen LogP contribution in [-0.4, -0.2) is 61.4 Å². The highest BCUT2D eigenvalue weighted by molar-refractivity contribution is 5.91. The van der Waals surface area contributed by atoms with Crippen LogP contribution < -0.4 is 22.1 Å². The standard InChI is InChI=1S/C28H38N6O6/c1-33(25(35)31-15-19-7-11-23(29)12-8-19)27(37)39-17-21-3-5-22(6-4-21)18-40-28(38)34(2)26(36)32-16-20-9-13-24(30)14-10-20/h7-14,21-22H,3-6,15-18,29-30H2,1-2H3,(H,31,35)(H,32,36)/t21-,22-. The SMILES string of the molecule is CN(C(=O)NCc1ccc(N)cc1)C(=O)OC[C@H]1CC[C@H](COC(=O)N(C)C(=O)NCc2ccc(N)cc2)CC1. The summed E-state index contributed by atoms with van der Waals surface area (Å²) in [5.41, 5.74) is 14.3. The molecule has 2 aromatic rings. The highest BCUT2D eigenvalue weighted by Gasteiger charge is 2.26. The Hall–Kier alpha value is -4.48. The largest absolute Gasteiger partial charge is 0.449 e. The molecule has 0 aromatic heterocycles. The van der Waals surface area contributed by atoms with Crippen LogP contribution in [-0.2, 0) is 22.6 Å². The highest BCUT2D eigenvalue weighted by atomic mass is 16.6. The van der Waals surface area contributed by atoms with Gasteiger partial charge in [0, 0.05) is 38.6 Å². The second-order valence-corrected chi connectivity index (χ2v) is 9.96. The minimum atomic E-state index is -0.719. The first-order chi connectivity index (χ1) is 19.1. The van der Waals surface area contributed by atoms with Crippen LogP contribution in [0.25, 0.3) is 0 Å². The molecular formula is C28H38N6O6. The van der Waals surface area contributed by atoms with Crippen molar-refractivity contribution in [1.29, 1.82) is 0 Å². The molecule has 12 heteroatoms. The maximum Gasteiger partial charge on any atom is 0.417 e. The monoisotopic (exact) mass is 554 g/mol. The molecule has 1 aliphatic rings. The van der Waals surface area contributed by atoms with Crippen LogP contribution in [0.1, 0.15) is 36.8 Å². The van der Waals surface area contributed by atoms with Gasteiger partial charge in [0.1, 0.15) is 0 Å². The van der Waals surface area contributed by atoms with E-state index in [0.717, 1.165) is 46.6 Å².